The van der Waals surface area contributed by atoms with Crippen LogP contribution in [0.1, 0.15) is 5.56 Å². The number of methoxy groups -OCH3 is 1. The van der Waals surface area contributed by atoms with Crippen molar-refractivity contribution < 1.29 is 14.6 Å². The first-order valence-electron chi connectivity index (χ1n) is 6.04. The zero-order valence-corrected chi connectivity index (χ0v) is 10.8. The van der Waals surface area contributed by atoms with Gasteiger partial charge < -0.3 is 20.3 Å². The summed E-state index contributed by atoms with van der Waals surface area (Å²) in [5.41, 5.74) is 7.48. The standard InChI is InChI=1S/C15H17NO3/c1-18-13-3-2-4-14(15(13)16)19-12-7-5-11(6-8-12)9-10-17/h2-8,17H,9-10,16H2,1H3. The van der Waals surface area contributed by atoms with Crippen LogP contribution in [0, 0.1) is 0 Å². The van der Waals surface area contributed by atoms with Crippen LogP contribution in [0.25, 0.3) is 0 Å². The molecule has 0 atom stereocenters. The van der Waals surface area contributed by atoms with E-state index in [1.165, 1.54) is 0 Å². The van der Waals surface area contributed by atoms with E-state index in [1.54, 1.807) is 19.2 Å². The highest BCUT2D eigenvalue weighted by atomic mass is 16.5. The highest BCUT2D eigenvalue weighted by Gasteiger charge is 2.07. The number of aliphatic hydroxyl groups excluding tert-OH is 1. The van der Waals surface area contributed by atoms with Gasteiger partial charge in [0.25, 0.3) is 0 Å². The Morgan fingerprint density at radius 3 is 2.37 bits per heavy atom. The van der Waals surface area contributed by atoms with Crippen molar-refractivity contribution in [1.82, 2.24) is 0 Å². The Morgan fingerprint density at radius 2 is 1.74 bits per heavy atom. The summed E-state index contributed by atoms with van der Waals surface area (Å²) in [4.78, 5) is 0. The van der Waals surface area contributed by atoms with Crippen molar-refractivity contribution >= 4 is 5.69 Å². The Bertz CT molecular complexity index is 538. The number of para-hydroxylation sites is 1. The normalized spacial score (nSPS) is 10.2. The van der Waals surface area contributed by atoms with Crippen LogP contribution in [0.4, 0.5) is 5.69 Å². The number of benzene rings is 2. The maximum atomic E-state index is 8.86. The molecular weight excluding hydrogens is 242 g/mol. The predicted molar refractivity (Wildman–Crippen MR) is 74.7 cm³/mol. The Kier molecular flexibility index (Phi) is 4.26. The predicted octanol–water partition coefficient (Wildman–Crippen LogP) is 2.60. The summed E-state index contributed by atoms with van der Waals surface area (Å²) in [6.45, 7) is 0.142. The van der Waals surface area contributed by atoms with Crippen molar-refractivity contribution in [2.24, 2.45) is 0 Å². The molecule has 0 unspecified atom stereocenters. The molecule has 2 aromatic rings. The van der Waals surface area contributed by atoms with Gasteiger partial charge in [0, 0.05) is 6.61 Å². The number of aliphatic hydroxyl groups is 1. The first kappa shape index (κ1) is 13.2. The minimum absolute atomic E-state index is 0.142. The number of nitrogen functional groups attached to an aromatic ring is 1. The maximum Gasteiger partial charge on any atom is 0.154 e. The lowest BCUT2D eigenvalue weighted by atomic mass is 10.1. The fourth-order valence-electron chi connectivity index (χ4n) is 1.77. The van der Waals surface area contributed by atoms with Gasteiger partial charge in [0.2, 0.25) is 0 Å². The van der Waals surface area contributed by atoms with E-state index in [0.717, 1.165) is 5.56 Å². The van der Waals surface area contributed by atoms with Crippen LogP contribution < -0.4 is 15.2 Å². The lowest BCUT2D eigenvalue weighted by molar-refractivity contribution is 0.299. The van der Waals surface area contributed by atoms with Gasteiger partial charge in [0.05, 0.1) is 7.11 Å². The molecule has 0 amide bonds. The molecular formula is C15H17NO3. The van der Waals surface area contributed by atoms with E-state index in [4.69, 9.17) is 20.3 Å². The molecule has 0 aliphatic heterocycles. The van der Waals surface area contributed by atoms with Gasteiger partial charge in [-0.3, -0.25) is 0 Å². The molecule has 0 aromatic heterocycles. The molecule has 100 valence electrons. The lowest BCUT2D eigenvalue weighted by Gasteiger charge is -2.11. The van der Waals surface area contributed by atoms with E-state index in [2.05, 4.69) is 0 Å². The second-order valence-corrected chi connectivity index (χ2v) is 4.09. The molecule has 0 heterocycles. The third-order valence-corrected chi connectivity index (χ3v) is 2.80. The number of hydrogen-bond donors (Lipinski definition) is 2. The summed E-state index contributed by atoms with van der Waals surface area (Å²) >= 11 is 0. The number of nitrogens with two attached hydrogens (primary N) is 1. The third-order valence-electron chi connectivity index (χ3n) is 2.80. The van der Waals surface area contributed by atoms with Crippen LogP contribution in [-0.4, -0.2) is 18.8 Å². The summed E-state index contributed by atoms with van der Waals surface area (Å²) in [7, 11) is 1.57. The number of rotatable bonds is 5. The zero-order valence-electron chi connectivity index (χ0n) is 10.8. The van der Waals surface area contributed by atoms with E-state index in [9.17, 15) is 0 Å². The molecule has 4 nitrogen and oxygen atoms in total. The highest BCUT2D eigenvalue weighted by Crippen LogP contribution is 2.34. The Hall–Kier alpha value is -2.20. The maximum absolute atomic E-state index is 8.86. The molecule has 19 heavy (non-hydrogen) atoms. The first-order chi connectivity index (χ1) is 9.24. The fraction of sp³-hybridized carbons (Fsp3) is 0.200. The smallest absolute Gasteiger partial charge is 0.154 e. The van der Waals surface area contributed by atoms with Gasteiger partial charge in [-0.1, -0.05) is 18.2 Å². The SMILES string of the molecule is COc1cccc(Oc2ccc(CCO)cc2)c1N. The van der Waals surface area contributed by atoms with E-state index in [1.807, 2.05) is 30.3 Å². The largest absolute Gasteiger partial charge is 0.494 e. The van der Waals surface area contributed by atoms with Crippen LogP contribution in [0.3, 0.4) is 0 Å². The molecule has 0 fully saturated rings. The Morgan fingerprint density at radius 1 is 1.05 bits per heavy atom. The van der Waals surface area contributed by atoms with Gasteiger partial charge in [-0.05, 0) is 36.2 Å². The van der Waals surface area contributed by atoms with E-state index in [-0.39, 0.29) is 6.61 Å². The Balaban J connectivity index is 2.16. The van der Waals surface area contributed by atoms with Crippen molar-refractivity contribution in [3.8, 4) is 17.2 Å². The lowest BCUT2D eigenvalue weighted by Crippen LogP contribution is -1.96. The summed E-state index contributed by atoms with van der Waals surface area (Å²) < 4.78 is 10.9. The quantitative estimate of drug-likeness (QED) is 0.810. The van der Waals surface area contributed by atoms with Crippen LogP contribution >= 0.6 is 0 Å². The van der Waals surface area contributed by atoms with Gasteiger partial charge in [-0.25, -0.2) is 0 Å². The van der Waals surface area contributed by atoms with Gasteiger partial charge in [-0.2, -0.15) is 0 Å². The second-order valence-electron chi connectivity index (χ2n) is 4.09. The molecule has 0 aliphatic rings. The van der Waals surface area contributed by atoms with Crippen molar-refractivity contribution in [1.29, 1.82) is 0 Å². The highest BCUT2D eigenvalue weighted by molar-refractivity contribution is 5.63. The molecule has 2 aromatic carbocycles. The first-order valence-corrected chi connectivity index (χ1v) is 6.04. The zero-order chi connectivity index (χ0) is 13.7. The molecule has 0 spiro atoms. The summed E-state index contributed by atoms with van der Waals surface area (Å²) in [5.74, 6) is 1.85. The Labute approximate surface area is 112 Å². The average Bonchev–Trinajstić information content (AvgIpc) is 2.43. The molecule has 0 saturated carbocycles. The van der Waals surface area contributed by atoms with Crippen LogP contribution in [0.5, 0.6) is 17.2 Å². The molecule has 2 rings (SSSR count). The second kappa shape index (κ2) is 6.11. The molecule has 4 heteroatoms. The number of hydrogen-bond acceptors (Lipinski definition) is 4. The van der Waals surface area contributed by atoms with E-state index >= 15 is 0 Å². The molecule has 0 bridgehead atoms. The minimum atomic E-state index is 0.142. The van der Waals surface area contributed by atoms with Crippen LogP contribution in [0.15, 0.2) is 42.5 Å². The summed E-state index contributed by atoms with van der Waals surface area (Å²) in [5, 5.41) is 8.86. The van der Waals surface area contributed by atoms with Crippen molar-refractivity contribution in [2.75, 3.05) is 19.5 Å². The van der Waals surface area contributed by atoms with E-state index in [0.29, 0.717) is 29.4 Å². The monoisotopic (exact) mass is 259 g/mol. The minimum Gasteiger partial charge on any atom is -0.494 e. The van der Waals surface area contributed by atoms with Crippen molar-refractivity contribution in [3.05, 3.63) is 48.0 Å². The number of ether oxygens (including phenoxy) is 2. The van der Waals surface area contributed by atoms with Gasteiger partial charge in [-0.15, -0.1) is 0 Å². The fourth-order valence-corrected chi connectivity index (χ4v) is 1.77. The van der Waals surface area contributed by atoms with Crippen molar-refractivity contribution in [3.63, 3.8) is 0 Å². The molecule has 0 saturated heterocycles. The molecule has 0 aliphatic carbocycles. The van der Waals surface area contributed by atoms with E-state index < -0.39 is 0 Å². The van der Waals surface area contributed by atoms with Crippen LogP contribution in [0.2, 0.25) is 0 Å². The van der Waals surface area contributed by atoms with Crippen molar-refractivity contribution in [2.45, 2.75) is 6.42 Å². The summed E-state index contributed by atoms with van der Waals surface area (Å²) in [6, 6.07) is 12.9. The molecule has 0 radical (unpaired) electrons. The van der Waals surface area contributed by atoms with Gasteiger partial charge in [0.15, 0.2) is 5.75 Å². The molecule has 3 N–H and O–H groups in total. The average molecular weight is 259 g/mol. The van der Waals surface area contributed by atoms with Gasteiger partial charge >= 0.3 is 0 Å². The van der Waals surface area contributed by atoms with Gasteiger partial charge in [0.1, 0.15) is 17.2 Å². The summed E-state index contributed by atoms with van der Waals surface area (Å²) in [6.07, 6.45) is 0.640. The number of anilines is 1. The third kappa shape index (κ3) is 3.17. The van der Waals surface area contributed by atoms with Crippen LogP contribution in [-0.2, 0) is 6.42 Å². The topological polar surface area (TPSA) is 64.7 Å².